The van der Waals surface area contributed by atoms with Crippen molar-refractivity contribution in [2.75, 3.05) is 0 Å². The maximum atomic E-state index is 9.84. The molecule has 15 heavy (non-hydrogen) atoms. The van der Waals surface area contributed by atoms with Gasteiger partial charge in [0, 0.05) is 6.20 Å². The lowest BCUT2D eigenvalue weighted by atomic mass is 10.1. The molecule has 84 valence electrons. The molecular weight excluding hydrogens is 206 g/mol. The van der Waals surface area contributed by atoms with E-state index in [1.165, 1.54) is 12.8 Å². The Kier molecular flexibility index (Phi) is 5.58. The smallest absolute Gasteiger partial charge is 0.0898 e. The molecule has 0 saturated heterocycles. The van der Waals surface area contributed by atoms with Crippen LogP contribution in [-0.2, 0) is 0 Å². The summed E-state index contributed by atoms with van der Waals surface area (Å²) in [5.74, 6) is 0. The van der Waals surface area contributed by atoms with Gasteiger partial charge < -0.3 is 5.11 Å². The third-order valence-electron chi connectivity index (χ3n) is 2.35. The second kappa shape index (κ2) is 6.75. The first-order valence-electron chi connectivity index (χ1n) is 5.45. The minimum atomic E-state index is -0.320. The molecule has 0 saturated carbocycles. The second-order valence-electron chi connectivity index (χ2n) is 3.72. The topological polar surface area (TPSA) is 33.1 Å². The van der Waals surface area contributed by atoms with E-state index in [0.29, 0.717) is 0 Å². The lowest BCUT2D eigenvalue weighted by Crippen LogP contribution is -1.94. The van der Waals surface area contributed by atoms with E-state index >= 15 is 0 Å². The van der Waals surface area contributed by atoms with E-state index in [1.807, 2.05) is 13.0 Å². The molecule has 0 bridgehead atoms. The number of allylic oxidation sites excluding steroid dienone is 1. The Labute approximate surface area is 95.7 Å². The molecule has 0 spiro atoms. The largest absolute Gasteiger partial charge is 0.388 e. The highest BCUT2D eigenvalue weighted by Gasteiger charge is 2.09. The van der Waals surface area contributed by atoms with Gasteiger partial charge >= 0.3 is 0 Å². The van der Waals surface area contributed by atoms with E-state index in [-0.39, 0.29) is 6.10 Å². The number of aromatic nitrogens is 1. The molecule has 3 heteroatoms. The molecule has 1 unspecified atom stereocenters. The Hall–Kier alpha value is -0.670. The fourth-order valence-corrected chi connectivity index (χ4v) is 2.28. The molecule has 1 heterocycles. The van der Waals surface area contributed by atoms with Crippen molar-refractivity contribution in [2.24, 2.45) is 0 Å². The van der Waals surface area contributed by atoms with Crippen molar-refractivity contribution in [2.45, 2.75) is 45.1 Å². The predicted molar refractivity (Wildman–Crippen MR) is 65.1 cm³/mol. The highest BCUT2D eigenvalue weighted by atomic mass is 32.1. The molecule has 0 amide bonds. The number of aliphatic hydroxyl groups is 1. The van der Waals surface area contributed by atoms with Crippen LogP contribution in [0.1, 0.15) is 48.1 Å². The van der Waals surface area contributed by atoms with Crippen LogP contribution in [0.3, 0.4) is 0 Å². The van der Waals surface area contributed by atoms with Crippen LogP contribution in [-0.4, -0.2) is 10.1 Å². The zero-order valence-corrected chi connectivity index (χ0v) is 10.1. The molecule has 0 fully saturated rings. The standard InChI is InChI=1S/C12H19NOS/c1-3-4-5-6-7-8-11(14)12-9-13-10(2)15-12/h3,9,11,14H,1,4-8H2,2H3. The van der Waals surface area contributed by atoms with E-state index < -0.39 is 0 Å². The Morgan fingerprint density at radius 1 is 1.53 bits per heavy atom. The number of nitrogens with zero attached hydrogens (tertiary/aromatic N) is 1. The van der Waals surface area contributed by atoms with Crippen molar-refractivity contribution in [3.63, 3.8) is 0 Å². The van der Waals surface area contributed by atoms with Crippen molar-refractivity contribution in [3.05, 3.63) is 28.7 Å². The van der Waals surface area contributed by atoms with Crippen molar-refractivity contribution in [1.82, 2.24) is 4.98 Å². The van der Waals surface area contributed by atoms with Crippen molar-refractivity contribution < 1.29 is 5.11 Å². The number of hydrogen-bond donors (Lipinski definition) is 1. The quantitative estimate of drug-likeness (QED) is 0.568. The average Bonchev–Trinajstić information content (AvgIpc) is 2.64. The van der Waals surface area contributed by atoms with E-state index in [0.717, 1.165) is 29.1 Å². The molecule has 1 N–H and O–H groups in total. The zero-order chi connectivity index (χ0) is 11.1. The van der Waals surface area contributed by atoms with Crippen LogP contribution in [0, 0.1) is 6.92 Å². The molecule has 0 aliphatic heterocycles. The lowest BCUT2D eigenvalue weighted by molar-refractivity contribution is 0.167. The van der Waals surface area contributed by atoms with Gasteiger partial charge in [-0.1, -0.05) is 18.9 Å². The van der Waals surface area contributed by atoms with Gasteiger partial charge in [-0.15, -0.1) is 17.9 Å². The van der Waals surface area contributed by atoms with Crippen LogP contribution >= 0.6 is 11.3 Å². The number of thiazole rings is 1. The third kappa shape index (κ3) is 4.58. The monoisotopic (exact) mass is 225 g/mol. The SMILES string of the molecule is C=CCCCCCC(O)c1cnc(C)s1. The molecule has 0 aliphatic rings. The van der Waals surface area contributed by atoms with Crippen LogP contribution in [0.15, 0.2) is 18.9 Å². The molecule has 0 aliphatic carbocycles. The second-order valence-corrected chi connectivity index (χ2v) is 4.99. The molecule has 1 rings (SSSR count). The molecule has 1 aromatic heterocycles. The van der Waals surface area contributed by atoms with Crippen LogP contribution in [0.5, 0.6) is 0 Å². The maximum Gasteiger partial charge on any atom is 0.0898 e. The zero-order valence-electron chi connectivity index (χ0n) is 9.28. The minimum Gasteiger partial charge on any atom is -0.388 e. The first kappa shape index (κ1) is 12.4. The van der Waals surface area contributed by atoms with Gasteiger partial charge in [0.25, 0.3) is 0 Å². The van der Waals surface area contributed by atoms with Gasteiger partial charge in [0.2, 0.25) is 0 Å². The number of hydrogen-bond acceptors (Lipinski definition) is 3. The Bertz CT molecular complexity index is 296. The Morgan fingerprint density at radius 3 is 2.93 bits per heavy atom. The van der Waals surface area contributed by atoms with Gasteiger partial charge in [0.05, 0.1) is 16.0 Å². The third-order valence-corrected chi connectivity index (χ3v) is 3.37. The van der Waals surface area contributed by atoms with Crippen LogP contribution < -0.4 is 0 Å². The summed E-state index contributed by atoms with van der Waals surface area (Å²) in [6.07, 6.45) is 8.76. The van der Waals surface area contributed by atoms with Crippen LogP contribution in [0.2, 0.25) is 0 Å². The fraction of sp³-hybridized carbons (Fsp3) is 0.583. The van der Waals surface area contributed by atoms with Gasteiger partial charge in [0.1, 0.15) is 0 Å². The molecule has 0 aromatic carbocycles. The van der Waals surface area contributed by atoms with E-state index in [2.05, 4.69) is 11.6 Å². The summed E-state index contributed by atoms with van der Waals surface area (Å²) in [4.78, 5) is 5.14. The number of unbranched alkanes of at least 4 members (excludes halogenated alkanes) is 3. The number of aryl methyl sites for hydroxylation is 1. The van der Waals surface area contributed by atoms with Crippen LogP contribution in [0.4, 0.5) is 0 Å². The van der Waals surface area contributed by atoms with Gasteiger partial charge in [-0.25, -0.2) is 4.98 Å². The average molecular weight is 225 g/mol. The van der Waals surface area contributed by atoms with Gasteiger partial charge in [-0.2, -0.15) is 0 Å². The van der Waals surface area contributed by atoms with Crippen LogP contribution in [0.25, 0.3) is 0 Å². The first-order chi connectivity index (χ1) is 7.24. The summed E-state index contributed by atoms with van der Waals surface area (Å²) in [5, 5.41) is 10.9. The summed E-state index contributed by atoms with van der Waals surface area (Å²) in [6, 6.07) is 0. The van der Waals surface area contributed by atoms with E-state index in [9.17, 15) is 5.11 Å². The molecule has 2 nitrogen and oxygen atoms in total. The fourth-order valence-electron chi connectivity index (χ4n) is 1.48. The highest BCUT2D eigenvalue weighted by molar-refractivity contribution is 7.11. The summed E-state index contributed by atoms with van der Waals surface area (Å²) in [5.41, 5.74) is 0. The predicted octanol–water partition coefficient (Wildman–Crippen LogP) is 3.62. The molecule has 0 radical (unpaired) electrons. The molecule has 1 aromatic rings. The Morgan fingerprint density at radius 2 is 2.33 bits per heavy atom. The lowest BCUT2D eigenvalue weighted by Gasteiger charge is -2.06. The van der Waals surface area contributed by atoms with Crippen molar-refractivity contribution in [1.29, 1.82) is 0 Å². The first-order valence-corrected chi connectivity index (χ1v) is 6.27. The van der Waals surface area contributed by atoms with Crippen molar-refractivity contribution >= 4 is 11.3 Å². The Balaban J connectivity index is 2.18. The molecule has 1 atom stereocenters. The minimum absolute atomic E-state index is 0.320. The van der Waals surface area contributed by atoms with E-state index in [1.54, 1.807) is 17.5 Å². The van der Waals surface area contributed by atoms with Gasteiger partial charge in [-0.05, 0) is 26.2 Å². The summed E-state index contributed by atoms with van der Waals surface area (Å²) in [6.45, 7) is 5.65. The summed E-state index contributed by atoms with van der Waals surface area (Å²) >= 11 is 1.59. The van der Waals surface area contributed by atoms with Gasteiger partial charge in [-0.3, -0.25) is 0 Å². The highest BCUT2D eigenvalue weighted by Crippen LogP contribution is 2.24. The summed E-state index contributed by atoms with van der Waals surface area (Å²) < 4.78 is 0. The number of rotatable bonds is 7. The number of aliphatic hydroxyl groups excluding tert-OH is 1. The van der Waals surface area contributed by atoms with Crippen molar-refractivity contribution in [3.8, 4) is 0 Å². The van der Waals surface area contributed by atoms with Gasteiger partial charge in [0.15, 0.2) is 0 Å². The van der Waals surface area contributed by atoms with E-state index in [4.69, 9.17) is 0 Å². The summed E-state index contributed by atoms with van der Waals surface area (Å²) in [7, 11) is 0. The normalized spacial score (nSPS) is 12.7. The molecular formula is C12H19NOS. The maximum absolute atomic E-state index is 9.84.